The van der Waals surface area contributed by atoms with Crippen LogP contribution in [0.5, 0.6) is 0 Å². The van der Waals surface area contributed by atoms with E-state index in [4.69, 9.17) is 11.6 Å². The van der Waals surface area contributed by atoms with Gasteiger partial charge in [0.1, 0.15) is 5.69 Å². The van der Waals surface area contributed by atoms with Crippen LogP contribution in [0.3, 0.4) is 0 Å². The molecule has 1 heterocycles. The van der Waals surface area contributed by atoms with Crippen LogP contribution in [-0.2, 0) is 0 Å². The minimum absolute atomic E-state index is 0.0184. The number of hydrogen-bond acceptors (Lipinski definition) is 2. The van der Waals surface area contributed by atoms with Gasteiger partial charge >= 0.3 is 0 Å². The minimum Gasteiger partial charge on any atom is -0.338 e. The predicted molar refractivity (Wildman–Crippen MR) is 55.5 cm³/mol. The predicted octanol–water partition coefficient (Wildman–Crippen LogP) is 1.50. The van der Waals surface area contributed by atoms with Crippen LogP contribution in [0.2, 0.25) is 0 Å². The number of aromatic nitrogens is 2. The molecule has 5 heteroatoms. The Morgan fingerprint density at radius 2 is 2.50 bits per heavy atom. The molecule has 0 aliphatic carbocycles. The lowest BCUT2D eigenvalue weighted by Crippen LogP contribution is -2.32. The van der Waals surface area contributed by atoms with E-state index in [1.807, 2.05) is 6.92 Å². The van der Waals surface area contributed by atoms with Crippen molar-refractivity contribution in [3.63, 3.8) is 0 Å². The third kappa shape index (κ3) is 2.73. The highest BCUT2D eigenvalue weighted by Crippen LogP contribution is 2.01. The van der Waals surface area contributed by atoms with Gasteiger partial charge in [0.25, 0.3) is 5.91 Å². The summed E-state index contributed by atoms with van der Waals surface area (Å²) in [6.45, 7) is 3.33. The molecule has 0 saturated carbocycles. The van der Waals surface area contributed by atoms with E-state index in [0.717, 1.165) is 6.42 Å². The highest BCUT2D eigenvalue weighted by Gasteiger charge is 2.14. The van der Waals surface area contributed by atoms with Crippen molar-refractivity contribution in [2.24, 2.45) is 0 Å². The molecule has 1 aromatic heterocycles. The second-order valence-corrected chi connectivity index (χ2v) is 3.28. The van der Waals surface area contributed by atoms with Gasteiger partial charge in [0, 0.05) is 25.2 Å². The van der Waals surface area contributed by atoms with Gasteiger partial charge in [0.15, 0.2) is 0 Å². The molecule has 0 bridgehead atoms. The monoisotopic (exact) mass is 215 g/mol. The van der Waals surface area contributed by atoms with E-state index in [1.54, 1.807) is 17.2 Å². The van der Waals surface area contributed by atoms with Crippen molar-refractivity contribution >= 4 is 17.5 Å². The lowest BCUT2D eigenvalue weighted by atomic mass is 10.3. The number of aromatic amines is 1. The van der Waals surface area contributed by atoms with Crippen molar-refractivity contribution in [3.05, 3.63) is 18.0 Å². The Labute approximate surface area is 88.2 Å². The van der Waals surface area contributed by atoms with Crippen LogP contribution >= 0.6 is 11.6 Å². The summed E-state index contributed by atoms with van der Waals surface area (Å²) in [6.07, 6.45) is 2.39. The number of alkyl halides is 1. The molecule has 0 atom stereocenters. The van der Waals surface area contributed by atoms with Gasteiger partial charge in [0.2, 0.25) is 0 Å². The SMILES string of the molecule is CCN(CCCCl)C(=O)c1ccn[nH]1. The highest BCUT2D eigenvalue weighted by atomic mass is 35.5. The third-order valence-electron chi connectivity index (χ3n) is 1.96. The molecule has 4 nitrogen and oxygen atoms in total. The van der Waals surface area contributed by atoms with Crippen LogP contribution in [-0.4, -0.2) is 40.0 Å². The summed E-state index contributed by atoms with van der Waals surface area (Å²) >= 11 is 5.57. The van der Waals surface area contributed by atoms with Crippen molar-refractivity contribution in [3.8, 4) is 0 Å². The zero-order valence-electron chi connectivity index (χ0n) is 8.16. The fourth-order valence-corrected chi connectivity index (χ4v) is 1.32. The molecule has 0 spiro atoms. The lowest BCUT2D eigenvalue weighted by molar-refractivity contribution is 0.0759. The first-order chi connectivity index (χ1) is 6.79. The number of amides is 1. The molecular formula is C9H14ClN3O. The third-order valence-corrected chi connectivity index (χ3v) is 2.23. The Morgan fingerprint density at radius 1 is 1.71 bits per heavy atom. The standard InChI is InChI=1S/C9H14ClN3O/c1-2-13(7-3-5-10)9(14)8-4-6-11-12-8/h4,6H,2-3,5,7H2,1H3,(H,11,12). The number of carbonyl (C=O) groups is 1. The maximum absolute atomic E-state index is 11.8. The van der Waals surface area contributed by atoms with E-state index in [1.165, 1.54) is 0 Å². The number of hydrogen-bond donors (Lipinski definition) is 1. The van der Waals surface area contributed by atoms with Gasteiger partial charge in [0.05, 0.1) is 0 Å². The molecule has 1 aromatic rings. The maximum atomic E-state index is 11.8. The van der Waals surface area contributed by atoms with Gasteiger partial charge in [-0.25, -0.2) is 0 Å². The molecule has 0 aliphatic heterocycles. The first-order valence-corrected chi connectivity index (χ1v) is 5.17. The summed E-state index contributed by atoms with van der Waals surface area (Å²) in [5, 5.41) is 6.40. The van der Waals surface area contributed by atoms with Crippen molar-refractivity contribution in [1.82, 2.24) is 15.1 Å². The number of nitrogens with zero attached hydrogens (tertiary/aromatic N) is 2. The fraction of sp³-hybridized carbons (Fsp3) is 0.556. The summed E-state index contributed by atoms with van der Waals surface area (Å²) in [5.41, 5.74) is 0.529. The van der Waals surface area contributed by atoms with E-state index in [9.17, 15) is 4.79 Å². The molecule has 0 saturated heterocycles. The first-order valence-electron chi connectivity index (χ1n) is 4.64. The first kappa shape index (κ1) is 11.0. The van der Waals surface area contributed by atoms with Crippen molar-refractivity contribution in [1.29, 1.82) is 0 Å². The molecule has 1 N–H and O–H groups in total. The zero-order chi connectivity index (χ0) is 10.4. The van der Waals surface area contributed by atoms with Gasteiger partial charge in [-0.2, -0.15) is 5.10 Å². The topological polar surface area (TPSA) is 49.0 Å². The maximum Gasteiger partial charge on any atom is 0.271 e. The van der Waals surface area contributed by atoms with Crippen LogP contribution in [0.25, 0.3) is 0 Å². The Kier molecular flexibility index (Phi) is 4.46. The van der Waals surface area contributed by atoms with Crippen LogP contribution in [0, 0.1) is 0 Å². The van der Waals surface area contributed by atoms with E-state index >= 15 is 0 Å². The van der Waals surface area contributed by atoms with E-state index < -0.39 is 0 Å². The lowest BCUT2D eigenvalue weighted by Gasteiger charge is -2.19. The summed E-state index contributed by atoms with van der Waals surface area (Å²) < 4.78 is 0. The van der Waals surface area contributed by atoms with Gasteiger partial charge in [-0.1, -0.05) is 0 Å². The van der Waals surface area contributed by atoms with E-state index in [0.29, 0.717) is 24.7 Å². The summed E-state index contributed by atoms with van der Waals surface area (Å²) in [5.74, 6) is 0.558. The van der Waals surface area contributed by atoms with Crippen LogP contribution in [0.1, 0.15) is 23.8 Å². The van der Waals surface area contributed by atoms with Crippen molar-refractivity contribution in [2.75, 3.05) is 19.0 Å². The number of carbonyl (C=O) groups excluding carboxylic acids is 1. The van der Waals surface area contributed by atoms with Gasteiger partial charge in [-0.3, -0.25) is 9.89 Å². The number of rotatable bonds is 5. The molecule has 0 fully saturated rings. The second-order valence-electron chi connectivity index (χ2n) is 2.90. The summed E-state index contributed by atoms with van der Waals surface area (Å²) in [7, 11) is 0. The minimum atomic E-state index is -0.0184. The number of nitrogens with one attached hydrogen (secondary N) is 1. The second kappa shape index (κ2) is 5.65. The molecule has 0 aromatic carbocycles. The van der Waals surface area contributed by atoms with E-state index in [-0.39, 0.29) is 5.91 Å². The van der Waals surface area contributed by atoms with Crippen LogP contribution in [0.4, 0.5) is 0 Å². The van der Waals surface area contributed by atoms with Crippen LogP contribution < -0.4 is 0 Å². The quantitative estimate of drug-likeness (QED) is 0.757. The largest absolute Gasteiger partial charge is 0.338 e. The zero-order valence-corrected chi connectivity index (χ0v) is 8.92. The fourth-order valence-electron chi connectivity index (χ4n) is 1.20. The van der Waals surface area contributed by atoms with Gasteiger partial charge < -0.3 is 4.90 Å². The Morgan fingerprint density at radius 3 is 3.00 bits per heavy atom. The van der Waals surface area contributed by atoms with Gasteiger partial charge in [-0.05, 0) is 19.4 Å². The normalized spacial score (nSPS) is 10.1. The highest BCUT2D eigenvalue weighted by molar-refractivity contribution is 6.17. The van der Waals surface area contributed by atoms with Crippen molar-refractivity contribution in [2.45, 2.75) is 13.3 Å². The average molecular weight is 216 g/mol. The summed E-state index contributed by atoms with van der Waals surface area (Å²) in [6, 6.07) is 1.67. The average Bonchev–Trinajstić information content (AvgIpc) is 2.71. The summed E-state index contributed by atoms with van der Waals surface area (Å²) in [4.78, 5) is 13.5. The number of halogens is 1. The van der Waals surface area contributed by atoms with Gasteiger partial charge in [-0.15, -0.1) is 11.6 Å². The molecule has 0 radical (unpaired) electrons. The molecule has 78 valence electrons. The number of H-pyrrole nitrogens is 1. The van der Waals surface area contributed by atoms with Crippen LogP contribution in [0.15, 0.2) is 12.3 Å². The molecule has 1 amide bonds. The molecular weight excluding hydrogens is 202 g/mol. The Balaban J connectivity index is 2.56. The smallest absolute Gasteiger partial charge is 0.271 e. The molecule has 0 unspecified atom stereocenters. The molecule has 1 rings (SSSR count). The molecule has 14 heavy (non-hydrogen) atoms. The molecule has 0 aliphatic rings. The Bertz CT molecular complexity index is 274. The van der Waals surface area contributed by atoms with E-state index in [2.05, 4.69) is 10.2 Å². The Hall–Kier alpha value is -1.03. The van der Waals surface area contributed by atoms with Crippen molar-refractivity contribution < 1.29 is 4.79 Å².